The molecule has 3 heterocycles. The normalized spacial score (nSPS) is 18.4. The predicted octanol–water partition coefficient (Wildman–Crippen LogP) is 3.48. The molecular formula is C33H46N8O3. The maximum absolute atomic E-state index is 12.5. The highest BCUT2D eigenvalue weighted by Crippen LogP contribution is 2.21. The van der Waals surface area contributed by atoms with Gasteiger partial charge in [0.25, 0.3) is 5.91 Å². The molecule has 236 valence electrons. The van der Waals surface area contributed by atoms with Gasteiger partial charge in [0.15, 0.2) is 0 Å². The number of ether oxygens (including phenoxy) is 1. The summed E-state index contributed by atoms with van der Waals surface area (Å²) in [5.74, 6) is -0.190. The minimum atomic E-state index is -0.538. The van der Waals surface area contributed by atoms with E-state index in [1.165, 1.54) is 0 Å². The van der Waals surface area contributed by atoms with Crippen LogP contribution < -0.4 is 26.6 Å². The van der Waals surface area contributed by atoms with Crippen LogP contribution in [-0.4, -0.2) is 63.8 Å². The van der Waals surface area contributed by atoms with Gasteiger partial charge in [-0.3, -0.25) is 19.7 Å². The summed E-state index contributed by atoms with van der Waals surface area (Å²) in [4.78, 5) is 37.7. The zero-order valence-electron chi connectivity index (χ0n) is 26.0. The van der Waals surface area contributed by atoms with Gasteiger partial charge < -0.3 is 31.3 Å². The van der Waals surface area contributed by atoms with Crippen LogP contribution in [0.25, 0.3) is 0 Å². The van der Waals surface area contributed by atoms with Crippen molar-refractivity contribution in [3.05, 3.63) is 89.8 Å². The Bertz CT molecular complexity index is 1230. The van der Waals surface area contributed by atoms with Crippen molar-refractivity contribution in [2.24, 2.45) is 0 Å². The first-order valence-electron chi connectivity index (χ1n) is 15.4. The Hall–Kier alpha value is -3.93. The highest BCUT2D eigenvalue weighted by Gasteiger charge is 2.28. The molecule has 11 nitrogen and oxygen atoms in total. The van der Waals surface area contributed by atoms with Crippen molar-refractivity contribution in [2.75, 3.05) is 13.1 Å². The Kier molecular flexibility index (Phi) is 12.6. The second-order valence-corrected chi connectivity index (χ2v) is 12.2. The van der Waals surface area contributed by atoms with Crippen LogP contribution in [0.5, 0.6) is 0 Å². The number of carbonyl (C=O) groups is 2. The monoisotopic (exact) mass is 602 g/mol. The van der Waals surface area contributed by atoms with E-state index in [0.29, 0.717) is 49.7 Å². The molecule has 0 saturated heterocycles. The number of hydrogen-bond donors (Lipinski definition) is 5. The van der Waals surface area contributed by atoms with Gasteiger partial charge in [-0.05, 0) is 82.9 Å². The number of alkyl carbamates (subject to hydrolysis) is 1. The lowest BCUT2D eigenvalue weighted by molar-refractivity contribution is 0.0527. The fraction of sp³-hybridized carbons (Fsp3) is 0.485. The van der Waals surface area contributed by atoms with Crippen LogP contribution >= 0.6 is 0 Å². The third-order valence-corrected chi connectivity index (χ3v) is 7.27. The molecular weight excluding hydrogens is 556 g/mol. The quantitative estimate of drug-likeness (QED) is 0.175. The summed E-state index contributed by atoms with van der Waals surface area (Å²) >= 11 is 0. The Balaban J connectivity index is 1.22. The average molecular weight is 603 g/mol. The van der Waals surface area contributed by atoms with E-state index in [2.05, 4.69) is 41.5 Å². The van der Waals surface area contributed by atoms with Crippen LogP contribution in [0, 0.1) is 0 Å². The van der Waals surface area contributed by atoms with E-state index in [0.717, 1.165) is 49.4 Å². The SMILES string of the molecule is CC(C)(C)OC(=O)NCCCNC(=O)c1ccc(CNC2CC(NCc3ccccn3)CC(NCc3ccccn3)C2)nc1. The maximum Gasteiger partial charge on any atom is 0.407 e. The van der Waals surface area contributed by atoms with E-state index in [1.807, 2.05) is 75.6 Å². The van der Waals surface area contributed by atoms with Gasteiger partial charge in [-0.25, -0.2) is 4.79 Å². The molecule has 4 rings (SSSR count). The van der Waals surface area contributed by atoms with Gasteiger partial charge >= 0.3 is 6.09 Å². The Labute approximate surface area is 260 Å². The molecule has 5 N–H and O–H groups in total. The molecule has 3 aromatic rings. The first-order valence-corrected chi connectivity index (χ1v) is 15.4. The van der Waals surface area contributed by atoms with Gasteiger partial charge in [0.2, 0.25) is 0 Å². The molecule has 2 unspecified atom stereocenters. The maximum atomic E-state index is 12.5. The van der Waals surface area contributed by atoms with Crippen LogP contribution in [0.3, 0.4) is 0 Å². The molecule has 2 atom stereocenters. The number of pyridine rings is 3. The molecule has 0 radical (unpaired) electrons. The van der Waals surface area contributed by atoms with Crippen molar-refractivity contribution in [2.45, 2.75) is 89.8 Å². The molecule has 0 spiro atoms. The van der Waals surface area contributed by atoms with Crippen LogP contribution in [-0.2, 0) is 24.4 Å². The first kappa shape index (κ1) is 33.0. The minimum Gasteiger partial charge on any atom is -0.444 e. The third kappa shape index (κ3) is 12.0. The highest BCUT2D eigenvalue weighted by atomic mass is 16.6. The van der Waals surface area contributed by atoms with Crippen molar-refractivity contribution in [1.29, 1.82) is 0 Å². The molecule has 2 amide bonds. The number of rotatable bonds is 14. The van der Waals surface area contributed by atoms with E-state index in [1.54, 1.807) is 12.3 Å². The Morgan fingerprint density at radius 2 is 1.25 bits per heavy atom. The highest BCUT2D eigenvalue weighted by molar-refractivity contribution is 5.93. The topological polar surface area (TPSA) is 142 Å². The average Bonchev–Trinajstić information content (AvgIpc) is 3.02. The van der Waals surface area contributed by atoms with Crippen molar-refractivity contribution in [3.63, 3.8) is 0 Å². The fourth-order valence-corrected chi connectivity index (χ4v) is 5.13. The summed E-state index contributed by atoms with van der Waals surface area (Å²) < 4.78 is 5.21. The van der Waals surface area contributed by atoms with Crippen molar-refractivity contribution in [1.82, 2.24) is 41.5 Å². The smallest absolute Gasteiger partial charge is 0.407 e. The van der Waals surface area contributed by atoms with Crippen molar-refractivity contribution in [3.8, 4) is 0 Å². The third-order valence-electron chi connectivity index (χ3n) is 7.27. The zero-order valence-corrected chi connectivity index (χ0v) is 26.0. The fourth-order valence-electron chi connectivity index (χ4n) is 5.13. The zero-order chi connectivity index (χ0) is 31.2. The number of aromatic nitrogens is 3. The number of hydrogen-bond acceptors (Lipinski definition) is 9. The van der Waals surface area contributed by atoms with E-state index in [4.69, 9.17) is 4.74 Å². The predicted molar refractivity (Wildman–Crippen MR) is 170 cm³/mol. The Morgan fingerprint density at radius 3 is 1.70 bits per heavy atom. The first-order chi connectivity index (χ1) is 21.2. The molecule has 1 aliphatic carbocycles. The van der Waals surface area contributed by atoms with Crippen LogP contribution in [0.15, 0.2) is 67.1 Å². The van der Waals surface area contributed by atoms with Crippen LogP contribution in [0.4, 0.5) is 4.79 Å². The lowest BCUT2D eigenvalue weighted by Gasteiger charge is -2.36. The molecule has 3 aromatic heterocycles. The van der Waals surface area contributed by atoms with Gasteiger partial charge in [0, 0.05) is 69.4 Å². The number of nitrogens with one attached hydrogen (secondary N) is 5. The van der Waals surface area contributed by atoms with E-state index in [-0.39, 0.29) is 5.91 Å². The summed E-state index contributed by atoms with van der Waals surface area (Å²) in [5, 5.41) is 16.7. The number of nitrogens with zero attached hydrogens (tertiary/aromatic N) is 3. The molecule has 11 heteroatoms. The second-order valence-electron chi connectivity index (χ2n) is 12.2. The van der Waals surface area contributed by atoms with Gasteiger partial charge in [-0.1, -0.05) is 12.1 Å². The van der Waals surface area contributed by atoms with Gasteiger partial charge in [0.05, 0.1) is 22.6 Å². The second kappa shape index (κ2) is 16.8. The summed E-state index contributed by atoms with van der Waals surface area (Å²) in [7, 11) is 0. The summed E-state index contributed by atoms with van der Waals surface area (Å²) in [6.45, 7) is 8.38. The standard InChI is InChI=1S/C33H46N8O3/c1-33(2,3)44-32(43)37-16-8-15-36-31(42)24-11-12-27(38-20-24)23-41-30-18-28(39-21-25-9-4-6-13-34-25)17-29(19-30)40-22-26-10-5-7-14-35-26/h4-7,9-14,20,28-30,39-41H,8,15-19,21-23H2,1-3H3,(H,36,42)(H,37,43). The molecule has 0 aliphatic heterocycles. The lowest BCUT2D eigenvalue weighted by atomic mass is 9.86. The summed E-state index contributed by atoms with van der Waals surface area (Å²) in [6.07, 6.45) is 8.42. The van der Waals surface area contributed by atoms with E-state index >= 15 is 0 Å². The molecule has 0 bridgehead atoms. The molecule has 0 aromatic carbocycles. The summed E-state index contributed by atoms with van der Waals surface area (Å²) in [5.41, 5.74) is 2.91. The van der Waals surface area contributed by atoms with Gasteiger partial charge in [-0.15, -0.1) is 0 Å². The molecule has 1 aliphatic rings. The van der Waals surface area contributed by atoms with E-state index in [9.17, 15) is 9.59 Å². The van der Waals surface area contributed by atoms with Crippen molar-refractivity contribution < 1.29 is 14.3 Å². The molecule has 1 fully saturated rings. The minimum absolute atomic E-state index is 0.190. The molecule has 44 heavy (non-hydrogen) atoms. The number of amides is 2. The lowest BCUT2D eigenvalue weighted by Crippen LogP contribution is -2.50. The van der Waals surface area contributed by atoms with E-state index < -0.39 is 11.7 Å². The Morgan fingerprint density at radius 1 is 0.727 bits per heavy atom. The van der Waals surface area contributed by atoms with Crippen LogP contribution in [0.1, 0.15) is 73.9 Å². The number of carbonyl (C=O) groups excluding carboxylic acids is 2. The van der Waals surface area contributed by atoms with Gasteiger partial charge in [-0.2, -0.15) is 0 Å². The van der Waals surface area contributed by atoms with Crippen molar-refractivity contribution >= 4 is 12.0 Å². The van der Waals surface area contributed by atoms with Crippen LogP contribution in [0.2, 0.25) is 0 Å². The largest absolute Gasteiger partial charge is 0.444 e. The summed E-state index contributed by atoms with van der Waals surface area (Å²) in [6, 6.07) is 16.6. The molecule has 1 saturated carbocycles. The van der Waals surface area contributed by atoms with Gasteiger partial charge in [0.1, 0.15) is 5.60 Å².